The Balaban J connectivity index is 1.35. The molecule has 8 nitrogen and oxygen atoms in total. The number of methoxy groups -OCH3 is 1. The van der Waals surface area contributed by atoms with Gasteiger partial charge < -0.3 is 10.1 Å². The number of sulfonamides is 1. The molecule has 0 amide bonds. The number of pyridine rings is 1. The van der Waals surface area contributed by atoms with E-state index in [0.717, 1.165) is 28.5 Å². The van der Waals surface area contributed by atoms with Gasteiger partial charge >= 0.3 is 0 Å². The summed E-state index contributed by atoms with van der Waals surface area (Å²) in [5, 5.41) is 13.0. The van der Waals surface area contributed by atoms with Crippen molar-refractivity contribution in [2.75, 3.05) is 25.5 Å². The lowest BCUT2D eigenvalue weighted by Gasteiger charge is -2.15. The summed E-state index contributed by atoms with van der Waals surface area (Å²) in [5.41, 5.74) is 1.11. The van der Waals surface area contributed by atoms with Crippen LogP contribution in [-0.2, 0) is 16.6 Å². The standard InChI is InChI=1S/C19H21N5O3S3/c1-27-15-6-4-14(5-7-15)12-21-18-22-23-19(29-18)28-17-9-8-16(13-20-17)30(25,26)24-10-2-3-11-24/h4-9,13H,2-3,10-12H2,1H3,(H,21,22). The normalized spacial score (nSPS) is 14.7. The maximum Gasteiger partial charge on any atom is 0.244 e. The van der Waals surface area contributed by atoms with Crippen molar-refractivity contribution >= 4 is 38.3 Å². The Morgan fingerprint density at radius 2 is 1.90 bits per heavy atom. The van der Waals surface area contributed by atoms with E-state index >= 15 is 0 Å². The largest absolute Gasteiger partial charge is 0.497 e. The van der Waals surface area contributed by atoms with E-state index in [1.54, 1.807) is 19.2 Å². The Morgan fingerprint density at radius 3 is 2.57 bits per heavy atom. The topological polar surface area (TPSA) is 97.3 Å². The van der Waals surface area contributed by atoms with Crippen LogP contribution in [0, 0.1) is 0 Å². The zero-order chi connectivity index (χ0) is 21.0. The monoisotopic (exact) mass is 463 g/mol. The first kappa shape index (κ1) is 21.0. The number of hydrogen-bond donors (Lipinski definition) is 1. The van der Waals surface area contributed by atoms with Crippen LogP contribution in [0.3, 0.4) is 0 Å². The molecule has 2 aromatic heterocycles. The van der Waals surface area contributed by atoms with Gasteiger partial charge in [-0.05, 0) is 54.4 Å². The Bertz CT molecular complexity index is 1080. The molecule has 0 spiro atoms. The molecule has 0 atom stereocenters. The molecule has 11 heteroatoms. The second-order valence-corrected chi connectivity index (χ2v) is 10.8. The highest BCUT2D eigenvalue weighted by molar-refractivity contribution is 8.01. The van der Waals surface area contributed by atoms with E-state index in [0.29, 0.717) is 29.8 Å². The third-order valence-corrected chi connectivity index (χ3v) is 8.38. The molecule has 0 radical (unpaired) electrons. The third-order valence-electron chi connectivity index (χ3n) is 4.61. The van der Waals surface area contributed by atoms with Gasteiger partial charge in [0, 0.05) is 25.8 Å². The maximum absolute atomic E-state index is 12.6. The van der Waals surface area contributed by atoms with Crippen molar-refractivity contribution in [1.29, 1.82) is 0 Å². The van der Waals surface area contributed by atoms with Crippen LogP contribution in [0.5, 0.6) is 5.75 Å². The van der Waals surface area contributed by atoms with E-state index in [9.17, 15) is 8.42 Å². The van der Waals surface area contributed by atoms with Crippen LogP contribution in [0.15, 0.2) is 56.9 Å². The van der Waals surface area contributed by atoms with E-state index in [-0.39, 0.29) is 4.90 Å². The minimum atomic E-state index is -3.44. The quantitative estimate of drug-likeness (QED) is 0.542. The summed E-state index contributed by atoms with van der Waals surface area (Å²) in [6, 6.07) is 11.1. The molecule has 1 saturated heterocycles. The van der Waals surface area contributed by atoms with Gasteiger partial charge in [-0.25, -0.2) is 13.4 Å². The summed E-state index contributed by atoms with van der Waals surface area (Å²) >= 11 is 2.78. The fraction of sp³-hybridized carbons (Fsp3) is 0.316. The predicted molar refractivity (Wildman–Crippen MR) is 117 cm³/mol. The van der Waals surface area contributed by atoms with Gasteiger partial charge in [0.15, 0.2) is 4.34 Å². The lowest BCUT2D eigenvalue weighted by Crippen LogP contribution is -2.27. The molecule has 1 aliphatic heterocycles. The van der Waals surface area contributed by atoms with Crippen molar-refractivity contribution in [2.45, 2.75) is 33.6 Å². The van der Waals surface area contributed by atoms with Gasteiger partial charge in [0.25, 0.3) is 0 Å². The predicted octanol–water partition coefficient (Wildman–Crippen LogP) is 3.49. The number of nitrogens with zero attached hydrogens (tertiary/aromatic N) is 4. The Labute approximate surface area is 183 Å². The van der Waals surface area contributed by atoms with Crippen molar-refractivity contribution in [1.82, 2.24) is 19.5 Å². The van der Waals surface area contributed by atoms with Crippen LogP contribution in [0.4, 0.5) is 5.13 Å². The summed E-state index contributed by atoms with van der Waals surface area (Å²) < 4.78 is 32.6. The van der Waals surface area contributed by atoms with Crippen molar-refractivity contribution in [3.63, 3.8) is 0 Å². The molecule has 3 aromatic rings. The lowest BCUT2D eigenvalue weighted by atomic mass is 10.2. The van der Waals surface area contributed by atoms with E-state index in [1.807, 2.05) is 24.3 Å². The number of nitrogens with one attached hydrogen (secondary N) is 1. The third kappa shape index (κ3) is 4.91. The van der Waals surface area contributed by atoms with Crippen LogP contribution in [0.2, 0.25) is 0 Å². The SMILES string of the molecule is COc1ccc(CNc2nnc(Sc3ccc(S(=O)(=O)N4CCCC4)cn3)s2)cc1. The second-order valence-electron chi connectivity index (χ2n) is 6.62. The first-order valence-electron chi connectivity index (χ1n) is 9.39. The number of benzene rings is 1. The van der Waals surface area contributed by atoms with Crippen molar-refractivity contribution in [2.24, 2.45) is 0 Å². The average Bonchev–Trinajstić information content (AvgIpc) is 3.46. The van der Waals surface area contributed by atoms with Crippen molar-refractivity contribution in [3.05, 3.63) is 48.2 Å². The van der Waals surface area contributed by atoms with Crippen molar-refractivity contribution in [3.8, 4) is 5.75 Å². The second kappa shape index (κ2) is 9.29. The molecule has 0 saturated carbocycles. The van der Waals surface area contributed by atoms with Gasteiger partial charge in [0.1, 0.15) is 15.7 Å². The molecule has 4 rings (SSSR count). The zero-order valence-corrected chi connectivity index (χ0v) is 18.8. The molecule has 0 aliphatic carbocycles. The fourth-order valence-corrected chi connectivity index (χ4v) is 6.09. The van der Waals surface area contributed by atoms with E-state index in [4.69, 9.17) is 4.74 Å². The summed E-state index contributed by atoms with van der Waals surface area (Å²) in [6.07, 6.45) is 3.23. The summed E-state index contributed by atoms with van der Waals surface area (Å²) in [7, 11) is -1.80. The van der Waals surface area contributed by atoms with Crippen LogP contribution in [-0.4, -0.2) is 48.1 Å². The minimum Gasteiger partial charge on any atom is -0.497 e. The molecule has 0 unspecified atom stereocenters. The summed E-state index contributed by atoms with van der Waals surface area (Å²) in [4.78, 5) is 4.52. The summed E-state index contributed by atoms with van der Waals surface area (Å²) in [6.45, 7) is 1.79. The number of anilines is 1. The molecule has 1 aromatic carbocycles. The molecule has 3 heterocycles. The minimum absolute atomic E-state index is 0.230. The molecule has 0 bridgehead atoms. The van der Waals surface area contributed by atoms with E-state index in [2.05, 4.69) is 20.5 Å². The van der Waals surface area contributed by atoms with Gasteiger partial charge in [-0.3, -0.25) is 0 Å². The summed E-state index contributed by atoms with van der Waals surface area (Å²) in [5.74, 6) is 0.820. The highest BCUT2D eigenvalue weighted by Gasteiger charge is 2.27. The van der Waals surface area contributed by atoms with Crippen LogP contribution in [0.25, 0.3) is 0 Å². The first-order chi connectivity index (χ1) is 14.5. The highest BCUT2D eigenvalue weighted by atomic mass is 32.2. The average molecular weight is 464 g/mol. The lowest BCUT2D eigenvalue weighted by molar-refractivity contribution is 0.414. The highest BCUT2D eigenvalue weighted by Crippen LogP contribution is 2.31. The van der Waals surface area contributed by atoms with Crippen molar-refractivity contribution < 1.29 is 13.2 Å². The van der Waals surface area contributed by atoms with Gasteiger partial charge in [-0.1, -0.05) is 23.5 Å². The number of ether oxygens (including phenoxy) is 1. The Hall–Kier alpha value is -2.21. The van der Waals surface area contributed by atoms with E-state index in [1.165, 1.54) is 33.6 Å². The molecular formula is C19H21N5O3S3. The molecule has 1 fully saturated rings. The van der Waals surface area contributed by atoms with Crippen LogP contribution < -0.4 is 10.1 Å². The van der Waals surface area contributed by atoms with Crippen LogP contribution >= 0.6 is 23.1 Å². The zero-order valence-electron chi connectivity index (χ0n) is 16.3. The van der Waals surface area contributed by atoms with E-state index < -0.39 is 10.0 Å². The molecule has 30 heavy (non-hydrogen) atoms. The Morgan fingerprint density at radius 1 is 1.13 bits per heavy atom. The first-order valence-corrected chi connectivity index (χ1v) is 12.5. The molecule has 1 aliphatic rings. The van der Waals surface area contributed by atoms with Crippen LogP contribution in [0.1, 0.15) is 18.4 Å². The Kier molecular flexibility index (Phi) is 6.52. The smallest absolute Gasteiger partial charge is 0.244 e. The van der Waals surface area contributed by atoms with Gasteiger partial charge in [-0.15, -0.1) is 10.2 Å². The fourth-order valence-electron chi connectivity index (χ4n) is 2.99. The molecular weight excluding hydrogens is 442 g/mol. The molecule has 1 N–H and O–H groups in total. The van der Waals surface area contributed by atoms with Gasteiger partial charge in [0.2, 0.25) is 15.2 Å². The molecule has 158 valence electrons. The maximum atomic E-state index is 12.6. The number of hydrogen-bond acceptors (Lipinski definition) is 9. The van der Waals surface area contributed by atoms with Gasteiger partial charge in [0.05, 0.1) is 7.11 Å². The number of rotatable bonds is 8. The van der Waals surface area contributed by atoms with Gasteiger partial charge in [-0.2, -0.15) is 4.31 Å². The number of aromatic nitrogens is 3.